The Kier molecular flexibility index (Phi) is 3.20. The highest BCUT2D eigenvalue weighted by Gasteiger charge is 2.37. The number of hydrogen-bond acceptors (Lipinski definition) is 2. The topological polar surface area (TPSA) is 23.5 Å². The summed E-state index contributed by atoms with van der Waals surface area (Å²) in [7, 11) is 4.25. The molecule has 0 atom stereocenters. The standard InChI is InChI=1S/C14H21NO/c1-15(2)14(10-6-3-7-11-14)12-8-4-5-9-13(12)16/h4-5,8-9,16H,3,6-7,10-11H2,1-2H3. The first kappa shape index (κ1) is 11.5. The first-order valence-electron chi connectivity index (χ1n) is 6.13. The second-order valence-electron chi connectivity index (χ2n) is 5.00. The lowest BCUT2D eigenvalue weighted by Gasteiger charge is -2.43. The summed E-state index contributed by atoms with van der Waals surface area (Å²) in [6, 6.07) is 7.79. The van der Waals surface area contributed by atoms with Crippen molar-refractivity contribution in [1.82, 2.24) is 4.90 Å². The van der Waals surface area contributed by atoms with Crippen molar-refractivity contribution in [2.75, 3.05) is 14.1 Å². The van der Waals surface area contributed by atoms with E-state index in [1.165, 1.54) is 19.3 Å². The summed E-state index contributed by atoms with van der Waals surface area (Å²) in [4.78, 5) is 2.28. The molecule has 2 nitrogen and oxygen atoms in total. The predicted octanol–water partition coefficient (Wildman–Crippen LogP) is 3.11. The van der Waals surface area contributed by atoms with Crippen LogP contribution >= 0.6 is 0 Å². The molecule has 1 aliphatic rings. The van der Waals surface area contributed by atoms with Crippen LogP contribution in [0.4, 0.5) is 0 Å². The van der Waals surface area contributed by atoms with Gasteiger partial charge in [0.25, 0.3) is 0 Å². The quantitative estimate of drug-likeness (QED) is 0.826. The molecular formula is C14H21NO. The molecule has 0 spiro atoms. The van der Waals surface area contributed by atoms with Crippen LogP contribution in [0.3, 0.4) is 0 Å². The third-order valence-electron chi connectivity index (χ3n) is 3.94. The molecule has 0 amide bonds. The highest BCUT2D eigenvalue weighted by Crippen LogP contribution is 2.44. The molecule has 0 radical (unpaired) electrons. The normalized spacial score (nSPS) is 19.9. The Labute approximate surface area is 97.9 Å². The fraction of sp³-hybridized carbons (Fsp3) is 0.571. The summed E-state index contributed by atoms with van der Waals surface area (Å²) in [6.45, 7) is 0. The van der Waals surface area contributed by atoms with Gasteiger partial charge in [-0.15, -0.1) is 0 Å². The zero-order chi connectivity index (χ0) is 11.6. The van der Waals surface area contributed by atoms with E-state index in [1.807, 2.05) is 12.1 Å². The van der Waals surface area contributed by atoms with E-state index in [2.05, 4.69) is 25.1 Å². The van der Waals surface area contributed by atoms with E-state index in [9.17, 15) is 5.11 Å². The number of rotatable bonds is 2. The van der Waals surface area contributed by atoms with E-state index < -0.39 is 0 Å². The Balaban J connectivity index is 2.43. The fourth-order valence-corrected chi connectivity index (χ4v) is 2.96. The van der Waals surface area contributed by atoms with Crippen molar-refractivity contribution in [3.8, 4) is 5.75 Å². The van der Waals surface area contributed by atoms with Gasteiger partial charge in [0, 0.05) is 11.1 Å². The second-order valence-corrected chi connectivity index (χ2v) is 5.00. The lowest BCUT2D eigenvalue weighted by atomic mass is 9.75. The number of aromatic hydroxyl groups is 1. The van der Waals surface area contributed by atoms with Crippen molar-refractivity contribution >= 4 is 0 Å². The van der Waals surface area contributed by atoms with Crippen molar-refractivity contribution in [3.05, 3.63) is 29.8 Å². The van der Waals surface area contributed by atoms with Crippen molar-refractivity contribution in [2.45, 2.75) is 37.6 Å². The lowest BCUT2D eigenvalue weighted by Crippen LogP contribution is -2.43. The van der Waals surface area contributed by atoms with Crippen molar-refractivity contribution in [2.24, 2.45) is 0 Å². The Morgan fingerprint density at radius 2 is 1.69 bits per heavy atom. The molecule has 0 aliphatic heterocycles. The lowest BCUT2D eigenvalue weighted by molar-refractivity contribution is 0.0958. The van der Waals surface area contributed by atoms with Crippen LogP contribution in [0.5, 0.6) is 5.75 Å². The maximum atomic E-state index is 10.1. The maximum Gasteiger partial charge on any atom is 0.120 e. The third-order valence-corrected chi connectivity index (χ3v) is 3.94. The average Bonchev–Trinajstić information content (AvgIpc) is 2.30. The Hall–Kier alpha value is -1.02. The molecule has 0 bridgehead atoms. The van der Waals surface area contributed by atoms with Crippen LogP contribution in [0, 0.1) is 0 Å². The number of benzene rings is 1. The molecule has 1 fully saturated rings. The van der Waals surface area contributed by atoms with Crippen molar-refractivity contribution < 1.29 is 5.11 Å². The first-order chi connectivity index (χ1) is 7.67. The van der Waals surface area contributed by atoms with Crippen LogP contribution in [0.15, 0.2) is 24.3 Å². The maximum absolute atomic E-state index is 10.1. The molecule has 1 aromatic carbocycles. The van der Waals surface area contributed by atoms with Crippen LogP contribution in [0.2, 0.25) is 0 Å². The van der Waals surface area contributed by atoms with Crippen LogP contribution in [0.1, 0.15) is 37.7 Å². The monoisotopic (exact) mass is 219 g/mol. The molecule has 16 heavy (non-hydrogen) atoms. The van der Waals surface area contributed by atoms with E-state index >= 15 is 0 Å². The fourth-order valence-electron chi connectivity index (χ4n) is 2.96. The third kappa shape index (κ3) is 1.82. The number of para-hydroxylation sites is 1. The first-order valence-corrected chi connectivity index (χ1v) is 6.13. The minimum absolute atomic E-state index is 0.0452. The van der Waals surface area contributed by atoms with Crippen molar-refractivity contribution in [1.29, 1.82) is 0 Å². The molecule has 0 heterocycles. The molecule has 1 aromatic rings. The summed E-state index contributed by atoms with van der Waals surface area (Å²) in [6.07, 6.45) is 6.14. The molecule has 2 rings (SSSR count). The Morgan fingerprint density at radius 1 is 1.06 bits per heavy atom. The van der Waals surface area contributed by atoms with Gasteiger partial charge in [0.2, 0.25) is 0 Å². The number of hydrogen-bond donors (Lipinski definition) is 1. The van der Waals surface area contributed by atoms with Crippen LogP contribution in [0.25, 0.3) is 0 Å². The van der Waals surface area contributed by atoms with Crippen molar-refractivity contribution in [3.63, 3.8) is 0 Å². The van der Waals surface area contributed by atoms with E-state index in [0.29, 0.717) is 5.75 Å². The van der Waals surface area contributed by atoms with E-state index in [1.54, 1.807) is 6.07 Å². The zero-order valence-corrected chi connectivity index (χ0v) is 10.2. The molecule has 0 unspecified atom stereocenters. The van der Waals surface area contributed by atoms with Gasteiger partial charge in [0.05, 0.1) is 0 Å². The van der Waals surface area contributed by atoms with Gasteiger partial charge in [-0.05, 0) is 33.0 Å². The highest BCUT2D eigenvalue weighted by molar-refractivity contribution is 5.38. The number of phenols is 1. The van der Waals surface area contributed by atoms with E-state index in [0.717, 1.165) is 18.4 Å². The van der Waals surface area contributed by atoms with Gasteiger partial charge in [0.15, 0.2) is 0 Å². The molecule has 1 N–H and O–H groups in total. The summed E-state index contributed by atoms with van der Waals surface area (Å²) in [5.41, 5.74) is 1.14. The van der Waals surface area contributed by atoms with Gasteiger partial charge < -0.3 is 5.11 Å². The predicted molar refractivity (Wildman–Crippen MR) is 66.6 cm³/mol. The Bertz CT molecular complexity index is 354. The summed E-state index contributed by atoms with van der Waals surface area (Å²) < 4.78 is 0. The van der Waals surface area contributed by atoms with Crippen LogP contribution in [-0.4, -0.2) is 24.1 Å². The zero-order valence-electron chi connectivity index (χ0n) is 10.2. The summed E-state index contributed by atoms with van der Waals surface area (Å²) in [5.74, 6) is 0.443. The molecular weight excluding hydrogens is 198 g/mol. The molecule has 1 aliphatic carbocycles. The largest absolute Gasteiger partial charge is 0.508 e. The molecule has 88 valence electrons. The SMILES string of the molecule is CN(C)C1(c2ccccc2O)CCCCC1. The van der Waals surface area contributed by atoms with Gasteiger partial charge in [-0.25, -0.2) is 0 Å². The minimum atomic E-state index is 0.0452. The minimum Gasteiger partial charge on any atom is -0.508 e. The van der Waals surface area contributed by atoms with Gasteiger partial charge in [-0.2, -0.15) is 0 Å². The number of phenolic OH excluding ortho intramolecular Hbond substituents is 1. The van der Waals surface area contributed by atoms with Gasteiger partial charge in [0.1, 0.15) is 5.75 Å². The molecule has 0 saturated heterocycles. The summed E-state index contributed by atoms with van der Waals surface area (Å²) in [5, 5.41) is 10.1. The molecule has 2 heteroatoms. The van der Waals surface area contributed by atoms with Crippen LogP contribution in [-0.2, 0) is 5.54 Å². The van der Waals surface area contributed by atoms with Crippen LogP contribution < -0.4 is 0 Å². The summed E-state index contributed by atoms with van der Waals surface area (Å²) >= 11 is 0. The second kappa shape index (κ2) is 4.46. The molecule has 0 aromatic heterocycles. The van der Waals surface area contributed by atoms with Gasteiger partial charge in [-0.3, -0.25) is 4.90 Å². The van der Waals surface area contributed by atoms with Gasteiger partial charge in [-0.1, -0.05) is 37.5 Å². The van der Waals surface area contributed by atoms with E-state index in [4.69, 9.17) is 0 Å². The Morgan fingerprint density at radius 3 is 2.25 bits per heavy atom. The van der Waals surface area contributed by atoms with Gasteiger partial charge >= 0.3 is 0 Å². The highest BCUT2D eigenvalue weighted by atomic mass is 16.3. The van der Waals surface area contributed by atoms with E-state index in [-0.39, 0.29) is 5.54 Å². The number of nitrogens with zero attached hydrogens (tertiary/aromatic N) is 1. The smallest absolute Gasteiger partial charge is 0.120 e. The molecule has 1 saturated carbocycles. The average molecular weight is 219 g/mol.